The van der Waals surface area contributed by atoms with Crippen molar-refractivity contribution in [2.75, 3.05) is 32.7 Å². The fraction of sp³-hybridized carbons (Fsp3) is 0.882. The van der Waals surface area contributed by atoms with Crippen molar-refractivity contribution >= 4 is 36.0 Å². The lowest BCUT2D eigenvalue weighted by Crippen LogP contribution is -2.42. The van der Waals surface area contributed by atoms with Crippen molar-refractivity contribution in [3.63, 3.8) is 0 Å². The number of piperidine rings is 1. The Kier molecular flexibility index (Phi) is 11.4. The highest BCUT2D eigenvalue weighted by Gasteiger charge is 2.26. The molecule has 0 aromatic heterocycles. The van der Waals surface area contributed by atoms with Crippen LogP contribution in [0.2, 0.25) is 0 Å². The second-order valence-electron chi connectivity index (χ2n) is 7.06. The van der Waals surface area contributed by atoms with E-state index in [1.807, 2.05) is 25.7 Å². The molecule has 0 aliphatic carbocycles. The van der Waals surface area contributed by atoms with Crippen LogP contribution in [-0.4, -0.2) is 55.3 Å². The molecular formula is C17H35IN4O2. The van der Waals surface area contributed by atoms with Gasteiger partial charge in [0.2, 0.25) is 0 Å². The zero-order valence-electron chi connectivity index (χ0n) is 15.9. The summed E-state index contributed by atoms with van der Waals surface area (Å²) in [5.41, 5.74) is -0.427. The number of carbonyl (C=O) groups is 1. The highest BCUT2D eigenvalue weighted by molar-refractivity contribution is 14.0. The lowest BCUT2D eigenvalue weighted by Gasteiger charge is -2.33. The van der Waals surface area contributed by atoms with Crippen LogP contribution in [0.4, 0.5) is 4.79 Å². The molecule has 0 spiro atoms. The molecule has 0 aromatic rings. The summed E-state index contributed by atoms with van der Waals surface area (Å²) in [5, 5.41) is 6.58. The van der Waals surface area contributed by atoms with Gasteiger partial charge in [-0.1, -0.05) is 6.92 Å². The van der Waals surface area contributed by atoms with E-state index >= 15 is 0 Å². The van der Waals surface area contributed by atoms with Gasteiger partial charge >= 0.3 is 6.09 Å². The second kappa shape index (κ2) is 11.8. The lowest BCUT2D eigenvalue weighted by molar-refractivity contribution is 0.0187. The van der Waals surface area contributed by atoms with E-state index in [0.717, 1.165) is 57.9 Å². The maximum absolute atomic E-state index is 12.0. The van der Waals surface area contributed by atoms with Crippen molar-refractivity contribution in [3.05, 3.63) is 0 Å². The summed E-state index contributed by atoms with van der Waals surface area (Å²) in [4.78, 5) is 18.5. The van der Waals surface area contributed by atoms with Gasteiger partial charge in [0, 0.05) is 32.7 Å². The summed E-state index contributed by atoms with van der Waals surface area (Å²) in [6, 6.07) is 0. The van der Waals surface area contributed by atoms with Crippen LogP contribution in [0.25, 0.3) is 0 Å². The molecular weight excluding hydrogens is 419 g/mol. The third kappa shape index (κ3) is 9.54. The standard InChI is InChI=1S/C17H34N4O2.HI/c1-6-10-19-15(18-7-2)20-13-14-8-11-21(12-9-14)16(22)23-17(3,4)5;/h14H,6-13H2,1-5H3,(H2,18,19,20);1H. The van der Waals surface area contributed by atoms with Gasteiger partial charge in [-0.15, -0.1) is 24.0 Å². The van der Waals surface area contributed by atoms with Gasteiger partial charge in [-0.3, -0.25) is 4.99 Å². The molecule has 0 atom stereocenters. The SMILES string of the molecule is CCCNC(=NCC1CCN(C(=O)OC(C)(C)C)CC1)NCC.I. The summed E-state index contributed by atoms with van der Waals surface area (Å²) >= 11 is 0. The van der Waals surface area contributed by atoms with Crippen molar-refractivity contribution < 1.29 is 9.53 Å². The topological polar surface area (TPSA) is 66.0 Å². The zero-order chi connectivity index (χ0) is 17.3. The Morgan fingerprint density at radius 2 is 1.83 bits per heavy atom. The highest BCUT2D eigenvalue weighted by atomic mass is 127. The number of amides is 1. The van der Waals surface area contributed by atoms with Gasteiger partial charge in [-0.05, 0) is 52.9 Å². The maximum Gasteiger partial charge on any atom is 0.410 e. The van der Waals surface area contributed by atoms with E-state index in [0.29, 0.717) is 5.92 Å². The summed E-state index contributed by atoms with van der Waals surface area (Å²) in [5.74, 6) is 1.43. The van der Waals surface area contributed by atoms with Gasteiger partial charge in [-0.25, -0.2) is 4.79 Å². The Labute approximate surface area is 164 Å². The predicted octanol–water partition coefficient (Wildman–Crippen LogP) is 3.22. The molecule has 1 aliphatic heterocycles. The third-order valence-electron chi connectivity index (χ3n) is 3.66. The first-order valence-corrected chi connectivity index (χ1v) is 8.85. The van der Waals surface area contributed by atoms with Crippen LogP contribution >= 0.6 is 24.0 Å². The normalized spacial score (nSPS) is 16.4. The minimum Gasteiger partial charge on any atom is -0.444 e. The second-order valence-corrected chi connectivity index (χ2v) is 7.06. The molecule has 1 heterocycles. The number of ether oxygens (including phenoxy) is 1. The number of likely N-dealkylation sites (tertiary alicyclic amines) is 1. The number of halogens is 1. The molecule has 1 aliphatic rings. The number of carbonyl (C=O) groups excluding carboxylic acids is 1. The Morgan fingerprint density at radius 1 is 1.21 bits per heavy atom. The molecule has 2 N–H and O–H groups in total. The monoisotopic (exact) mass is 454 g/mol. The molecule has 1 amide bonds. The number of hydrogen-bond donors (Lipinski definition) is 2. The molecule has 7 heteroatoms. The Hall–Kier alpha value is -0.730. The Balaban J connectivity index is 0.00000529. The number of guanidine groups is 1. The minimum absolute atomic E-state index is 0. The van der Waals surface area contributed by atoms with Gasteiger partial charge in [0.1, 0.15) is 5.60 Å². The number of nitrogens with zero attached hydrogens (tertiary/aromatic N) is 2. The van der Waals surface area contributed by atoms with Crippen molar-refractivity contribution in [1.29, 1.82) is 0 Å². The fourth-order valence-corrected chi connectivity index (χ4v) is 2.43. The first-order chi connectivity index (χ1) is 10.9. The van der Waals surface area contributed by atoms with E-state index in [1.54, 1.807) is 0 Å². The molecule has 0 unspecified atom stereocenters. The molecule has 142 valence electrons. The van der Waals surface area contributed by atoms with E-state index < -0.39 is 5.60 Å². The fourth-order valence-electron chi connectivity index (χ4n) is 2.43. The summed E-state index contributed by atoms with van der Waals surface area (Å²) in [7, 11) is 0. The summed E-state index contributed by atoms with van der Waals surface area (Å²) in [6.07, 6.45) is 2.85. The summed E-state index contributed by atoms with van der Waals surface area (Å²) in [6.45, 7) is 14.0. The number of rotatable bonds is 5. The van der Waals surface area contributed by atoms with E-state index in [4.69, 9.17) is 4.74 Å². The largest absolute Gasteiger partial charge is 0.444 e. The van der Waals surface area contributed by atoms with Crippen molar-refractivity contribution in [1.82, 2.24) is 15.5 Å². The van der Waals surface area contributed by atoms with Crippen LogP contribution in [0.3, 0.4) is 0 Å². The van der Waals surface area contributed by atoms with E-state index in [2.05, 4.69) is 29.5 Å². The van der Waals surface area contributed by atoms with Gasteiger partial charge in [0.25, 0.3) is 0 Å². The van der Waals surface area contributed by atoms with Crippen molar-refractivity contribution in [2.24, 2.45) is 10.9 Å². The molecule has 0 bridgehead atoms. The molecule has 0 radical (unpaired) electrons. The molecule has 24 heavy (non-hydrogen) atoms. The van der Waals surface area contributed by atoms with Crippen molar-refractivity contribution in [2.45, 2.75) is 59.5 Å². The van der Waals surface area contributed by atoms with Gasteiger partial charge in [-0.2, -0.15) is 0 Å². The zero-order valence-corrected chi connectivity index (χ0v) is 18.2. The van der Waals surface area contributed by atoms with Crippen LogP contribution < -0.4 is 10.6 Å². The first-order valence-electron chi connectivity index (χ1n) is 8.85. The molecule has 6 nitrogen and oxygen atoms in total. The number of nitrogens with one attached hydrogen (secondary N) is 2. The average molecular weight is 454 g/mol. The van der Waals surface area contributed by atoms with E-state index in [1.165, 1.54) is 0 Å². The van der Waals surface area contributed by atoms with Crippen LogP contribution in [0.5, 0.6) is 0 Å². The summed E-state index contributed by atoms with van der Waals surface area (Å²) < 4.78 is 5.43. The van der Waals surface area contributed by atoms with E-state index in [9.17, 15) is 4.79 Å². The lowest BCUT2D eigenvalue weighted by atomic mass is 9.97. The van der Waals surface area contributed by atoms with Crippen molar-refractivity contribution in [3.8, 4) is 0 Å². The first kappa shape index (κ1) is 23.3. The molecule has 1 saturated heterocycles. The van der Waals surface area contributed by atoms with Crippen LogP contribution in [-0.2, 0) is 4.74 Å². The van der Waals surface area contributed by atoms with Gasteiger partial charge in [0.15, 0.2) is 5.96 Å². The van der Waals surface area contributed by atoms with Gasteiger partial charge in [0.05, 0.1) is 0 Å². The van der Waals surface area contributed by atoms with Crippen LogP contribution in [0.15, 0.2) is 4.99 Å². The Morgan fingerprint density at radius 3 is 2.33 bits per heavy atom. The number of hydrogen-bond acceptors (Lipinski definition) is 3. The average Bonchev–Trinajstić information content (AvgIpc) is 2.49. The molecule has 0 saturated carbocycles. The highest BCUT2D eigenvalue weighted by Crippen LogP contribution is 2.19. The number of aliphatic imine (C=N–C) groups is 1. The third-order valence-corrected chi connectivity index (χ3v) is 3.66. The Bertz CT molecular complexity index is 389. The predicted molar refractivity (Wildman–Crippen MR) is 110 cm³/mol. The molecule has 1 rings (SSSR count). The maximum atomic E-state index is 12.0. The van der Waals surface area contributed by atoms with Gasteiger partial charge < -0.3 is 20.3 Å². The van der Waals surface area contributed by atoms with Crippen LogP contribution in [0, 0.1) is 5.92 Å². The van der Waals surface area contributed by atoms with Crippen LogP contribution in [0.1, 0.15) is 53.9 Å². The quantitative estimate of drug-likeness (QED) is 0.381. The molecule has 0 aromatic carbocycles. The molecule has 1 fully saturated rings. The smallest absolute Gasteiger partial charge is 0.410 e. The van der Waals surface area contributed by atoms with E-state index in [-0.39, 0.29) is 30.1 Å². The minimum atomic E-state index is -0.427.